The molecule has 0 amide bonds. The van der Waals surface area contributed by atoms with E-state index in [1.165, 1.54) is 0 Å². The lowest BCUT2D eigenvalue weighted by Gasteiger charge is -1.83. The van der Waals surface area contributed by atoms with Crippen LogP contribution in [0.3, 0.4) is 0 Å². The highest BCUT2D eigenvalue weighted by atomic mass is 32.1. The second-order valence-corrected chi connectivity index (χ2v) is 1.64. The zero-order chi connectivity index (χ0) is 5.54. The van der Waals surface area contributed by atoms with Gasteiger partial charge in [-0.15, -0.1) is 0 Å². The maximum Gasteiger partial charge on any atom is -0.00265 e. The van der Waals surface area contributed by atoms with Crippen LogP contribution in [0.1, 0.15) is 19.3 Å². The van der Waals surface area contributed by atoms with Gasteiger partial charge in [0.05, 0.1) is 0 Å². The Hall–Kier alpha value is -0.0400. The summed E-state index contributed by atoms with van der Waals surface area (Å²) in [5.41, 5.74) is 0. The number of hydrogen-bond donors (Lipinski definition) is 0. The van der Waals surface area contributed by atoms with Crippen LogP contribution in [0.2, 0.25) is 0 Å². The predicted octanol–water partition coefficient (Wildman–Crippen LogP) is 2.70. The summed E-state index contributed by atoms with van der Waals surface area (Å²) < 4.78 is 0. The fourth-order valence-corrected chi connectivity index (χ4v) is 0.466. The maximum atomic E-state index is 4.56. The second-order valence-electron chi connectivity index (χ2n) is 1.37. The van der Waals surface area contributed by atoms with E-state index in [1.54, 1.807) is 5.41 Å². The Balaban J connectivity index is 2.69. The normalized spacial score (nSPS) is 10.4. The van der Waals surface area contributed by atoms with Gasteiger partial charge in [0.15, 0.2) is 0 Å². The zero-order valence-electron chi connectivity index (χ0n) is 4.39. The Morgan fingerprint density at radius 2 is 2.29 bits per heavy atom. The van der Waals surface area contributed by atoms with Crippen molar-refractivity contribution in [2.45, 2.75) is 19.3 Å². The minimum atomic E-state index is 1.01. The molecule has 0 nitrogen and oxygen atoms in total. The summed E-state index contributed by atoms with van der Waals surface area (Å²) >= 11 is 4.56. The van der Waals surface area contributed by atoms with Crippen molar-refractivity contribution in [1.29, 1.82) is 0 Å². The summed E-state index contributed by atoms with van der Waals surface area (Å²) in [7, 11) is 0. The van der Waals surface area contributed by atoms with Crippen LogP contribution in [-0.2, 0) is 0 Å². The Morgan fingerprint density at radius 1 is 1.57 bits per heavy atom. The van der Waals surface area contributed by atoms with Gasteiger partial charge in [0.1, 0.15) is 0 Å². The Kier molecular flexibility index (Phi) is 5.93. The molecule has 0 bridgehead atoms. The average molecular weight is 114 g/mol. The van der Waals surface area contributed by atoms with E-state index in [0.717, 1.165) is 19.3 Å². The molecular weight excluding hydrogens is 104 g/mol. The van der Waals surface area contributed by atoms with Gasteiger partial charge in [-0.25, -0.2) is 0 Å². The lowest BCUT2D eigenvalue weighted by molar-refractivity contribution is 0.867. The molecule has 0 fully saturated rings. The third kappa shape index (κ3) is 5.96. The van der Waals surface area contributed by atoms with Crippen LogP contribution in [0, 0.1) is 6.92 Å². The first-order chi connectivity index (χ1) is 3.41. The molecule has 2 radical (unpaired) electrons. The lowest BCUT2D eigenvalue weighted by atomic mass is 10.2. The fraction of sp³-hybridized carbons (Fsp3) is 0.500. The molecule has 0 aromatic heterocycles. The minimum absolute atomic E-state index is 1.01. The number of unbranched alkanes of at least 4 members (excludes halogenated alkanes) is 2. The van der Waals surface area contributed by atoms with E-state index in [0.29, 0.717) is 0 Å². The molecule has 0 aromatic carbocycles. The Bertz CT molecular complexity index is 48.1. The van der Waals surface area contributed by atoms with Crippen molar-refractivity contribution in [2.75, 3.05) is 0 Å². The van der Waals surface area contributed by atoms with Gasteiger partial charge in [-0.05, 0) is 18.2 Å². The maximum absolute atomic E-state index is 4.56. The molecule has 0 N–H and O–H groups in total. The highest BCUT2D eigenvalue weighted by molar-refractivity contribution is 7.83. The first-order valence-corrected chi connectivity index (χ1v) is 2.95. The van der Waals surface area contributed by atoms with Crippen molar-refractivity contribution < 1.29 is 0 Å². The third-order valence-electron chi connectivity index (χ3n) is 0.717. The van der Waals surface area contributed by atoms with E-state index in [9.17, 15) is 0 Å². The van der Waals surface area contributed by atoms with Crippen molar-refractivity contribution in [3.8, 4) is 0 Å². The molecule has 0 unspecified atom stereocenters. The quantitative estimate of drug-likeness (QED) is 0.495. The molecule has 0 aliphatic rings. The van der Waals surface area contributed by atoms with Crippen molar-refractivity contribution in [3.05, 3.63) is 18.4 Å². The van der Waals surface area contributed by atoms with Crippen LogP contribution in [-0.4, -0.2) is 0 Å². The second kappa shape index (κ2) is 5.96. The molecule has 0 atom stereocenters. The third-order valence-corrected chi connectivity index (χ3v) is 0.909. The summed E-state index contributed by atoms with van der Waals surface area (Å²) in [6, 6.07) is 0. The van der Waals surface area contributed by atoms with Gasteiger partial charge >= 0.3 is 0 Å². The minimum Gasteiger partial charge on any atom is -0.0891 e. The first kappa shape index (κ1) is 6.96. The van der Waals surface area contributed by atoms with Crippen LogP contribution >= 0.6 is 12.6 Å². The van der Waals surface area contributed by atoms with Crippen LogP contribution < -0.4 is 0 Å². The molecule has 0 saturated heterocycles. The topological polar surface area (TPSA) is 0 Å². The summed E-state index contributed by atoms with van der Waals surface area (Å²) in [5.74, 6) is 0. The zero-order valence-corrected chi connectivity index (χ0v) is 5.21. The standard InChI is InChI=1S/C6H10S/c1-2-3-4-5-6-7/h5-6H,1-4H2. The van der Waals surface area contributed by atoms with Crippen LogP contribution in [0.4, 0.5) is 0 Å². The molecule has 0 aliphatic heterocycles. The van der Waals surface area contributed by atoms with Gasteiger partial charge < -0.3 is 0 Å². The molecule has 0 spiro atoms. The summed E-state index contributed by atoms with van der Waals surface area (Å²) in [6.45, 7) is 3.69. The van der Waals surface area contributed by atoms with E-state index in [1.807, 2.05) is 6.08 Å². The highest BCUT2D eigenvalue weighted by Crippen LogP contribution is 1.94. The molecule has 40 valence electrons. The van der Waals surface area contributed by atoms with E-state index >= 15 is 0 Å². The van der Waals surface area contributed by atoms with Crippen LogP contribution in [0.25, 0.3) is 0 Å². The van der Waals surface area contributed by atoms with Gasteiger partial charge in [-0.1, -0.05) is 32.0 Å². The molecule has 0 rings (SSSR count). The van der Waals surface area contributed by atoms with Gasteiger partial charge in [0, 0.05) is 0 Å². The Morgan fingerprint density at radius 3 is 2.71 bits per heavy atom. The predicted molar refractivity (Wildman–Crippen MR) is 35.9 cm³/mol. The molecule has 0 aromatic rings. The number of allylic oxidation sites excluding steroid dienone is 1. The van der Waals surface area contributed by atoms with Gasteiger partial charge in [0.25, 0.3) is 0 Å². The van der Waals surface area contributed by atoms with Crippen molar-refractivity contribution in [3.63, 3.8) is 0 Å². The fourth-order valence-electron chi connectivity index (χ4n) is 0.330. The summed E-state index contributed by atoms with van der Waals surface area (Å²) in [5, 5.41) is 1.66. The van der Waals surface area contributed by atoms with Gasteiger partial charge in [0.2, 0.25) is 0 Å². The van der Waals surface area contributed by atoms with E-state index < -0.39 is 0 Å². The largest absolute Gasteiger partial charge is 0.0891 e. The van der Waals surface area contributed by atoms with Crippen molar-refractivity contribution >= 4 is 12.6 Å². The van der Waals surface area contributed by atoms with Gasteiger partial charge in [-0.3, -0.25) is 0 Å². The van der Waals surface area contributed by atoms with Crippen molar-refractivity contribution in [2.24, 2.45) is 0 Å². The highest BCUT2D eigenvalue weighted by Gasteiger charge is 1.73. The SMILES string of the molecule is [CH2]CCCC=C[S]. The first-order valence-electron chi connectivity index (χ1n) is 2.48. The van der Waals surface area contributed by atoms with E-state index in [4.69, 9.17) is 0 Å². The van der Waals surface area contributed by atoms with Crippen LogP contribution in [0.5, 0.6) is 0 Å². The molecule has 0 heterocycles. The lowest BCUT2D eigenvalue weighted by Crippen LogP contribution is -1.63. The summed E-state index contributed by atoms with van der Waals surface area (Å²) in [4.78, 5) is 0. The monoisotopic (exact) mass is 114 g/mol. The van der Waals surface area contributed by atoms with Crippen molar-refractivity contribution in [1.82, 2.24) is 0 Å². The van der Waals surface area contributed by atoms with Gasteiger partial charge in [-0.2, -0.15) is 0 Å². The molecule has 0 aliphatic carbocycles. The summed E-state index contributed by atoms with van der Waals surface area (Å²) in [6.07, 6.45) is 5.25. The Labute approximate surface area is 51.0 Å². The smallest absolute Gasteiger partial charge is 0.00265 e. The van der Waals surface area contributed by atoms with E-state index in [2.05, 4.69) is 19.6 Å². The molecule has 0 saturated carbocycles. The molecular formula is C6H10S. The van der Waals surface area contributed by atoms with Crippen LogP contribution in [0.15, 0.2) is 11.5 Å². The van der Waals surface area contributed by atoms with E-state index in [-0.39, 0.29) is 0 Å². The number of rotatable bonds is 3. The molecule has 1 heteroatoms. The number of hydrogen-bond acceptors (Lipinski definition) is 0. The average Bonchev–Trinajstić information content (AvgIpc) is 1.69. The molecule has 7 heavy (non-hydrogen) atoms.